The van der Waals surface area contributed by atoms with Crippen LogP contribution >= 0.6 is 0 Å². The first kappa shape index (κ1) is 19.3. The molecule has 2 saturated carbocycles. The van der Waals surface area contributed by atoms with E-state index in [2.05, 4.69) is 4.74 Å². The number of esters is 1. The number of ether oxygens (including phenoxy) is 1. The van der Waals surface area contributed by atoms with Gasteiger partial charge in [0.2, 0.25) is 0 Å². The van der Waals surface area contributed by atoms with Crippen LogP contribution in [0.2, 0.25) is 0 Å². The Morgan fingerprint density at radius 3 is 1.92 bits per heavy atom. The third-order valence-corrected chi connectivity index (χ3v) is 5.17. The monoisotopic (exact) mass is 362 g/mol. The largest absolute Gasteiger partial charge is 0.458 e. The topological polar surface area (TPSA) is 46.5 Å². The van der Waals surface area contributed by atoms with Gasteiger partial charge in [0, 0.05) is 5.92 Å². The van der Waals surface area contributed by atoms with E-state index in [0.29, 0.717) is 12.8 Å². The minimum Gasteiger partial charge on any atom is -0.458 e. The number of hydrogen-bond donors (Lipinski definition) is 1. The zero-order valence-electron chi connectivity index (χ0n) is 13.2. The zero-order chi connectivity index (χ0) is 18.5. The maximum absolute atomic E-state index is 13.2. The fraction of sp³-hybridized carbons (Fsp3) is 0.933. The second-order valence-electron chi connectivity index (χ2n) is 7.11. The number of alkyl halides is 6. The summed E-state index contributed by atoms with van der Waals surface area (Å²) in [6.45, 7) is 2.61. The van der Waals surface area contributed by atoms with E-state index in [-0.39, 0.29) is 12.3 Å². The Bertz CT molecular complexity index is 471. The van der Waals surface area contributed by atoms with E-state index in [1.165, 1.54) is 13.8 Å². The Labute approximate surface area is 135 Å². The lowest BCUT2D eigenvalue weighted by atomic mass is 9.76. The van der Waals surface area contributed by atoms with Gasteiger partial charge in [-0.15, -0.1) is 0 Å². The van der Waals surface area contributed by atoms with Gasteiger partial charge in [0.25, 0.3) is 5.60 Å². The Morgan fingerprint density at radius 1 is 1.04 bits per heavy atom. The highest BCUT2D eigenvalue weighted by atomic mass is 19.4. The summed E-state index contributed by atoms with van der Waals surface area (Å²) in [5, 5.41) is 9.74. The average Bonchev–Trinajstić information content (AvgIpc) is 3.03. The third kappa shape index (κ3) is 3.11. The van der Waals surface area contributed by atoms with Gasteiger partial charge in [-0.2, -0.15) is 26.3 Å². The zero-order valence-corrected chi connectivity index (χ0v) is 13.2. The highest BCUT2D eigenvalue weighted by molar-refractivity contribution is 5.71. The molecule has 0 amide bonds. The summed E-state index contributed by atoms with van der Waals surface area (Å²) in [4.78, 5) is 11.7. The van der Waals surface area contributed by atoms with Gasteiger partial charge < -0.3 is 9.84 Å². The maximum Gasteiger partial charge on any atom is 0.430 e. The van der Waals surface area contributed by atoms with Gasteiger partial charge in [-0.05, 0) is 31.1 Å². The molecule has 9 heteroatoms. The summed E-state index contributed by atoms with van der Waals surface area (Å²) in [5.41, 5.74) is -5.07. The highest BCUT2D eigenvalue weighted by Crippen LogP contribution is 2.56. The number of carbonyl (C=O) groups excluding carboxylic acids is 1. The van der Waals surface area contributed by atoms with Gasteiger partial charge in [0.1, 0.15) is 0 Å². The highest BCUT2D eigenvalue weighted by Gasteiger charge is 2.77. The summed E-state index contributed by atoms with van der Waals surface area (Å²) < 4.78 is 84.1. The number of aliphatic hydroxyl groups is 1. The molecular formula is C15H20F6O3. The van der Waals surface area contributed by atoms with Crippen molar-refractivity contribution in [2.45, 2.75) is 63.6 Å². The Balaban J connectivity index is 2.45. The first-order chi connectivity index (χ1) is 10.8. The number of rotatable bonds is 4. The van der Waals surface area contributed by atoms with Crippen LogP contribution in [0.3, 0.4) is 0 Å². The van der Waals surface area contributed by atoms with Crippen LogP contribution in [0.15, 0.2) is 0 Å². The molecule has 2 aliphatic carbocycles. The molecule has 2 aliphatic rings. The van der Waals surface area contributed by atoms with Crippen LogP contribution in [0.4, 0.5) is 26.3 Å². The van der Waals surface area contributed by atoms with Crippen LogP contribution in [0.1, 0.15) is 39.5 Å². The second kappa shape index (κ2) is 6.07. The van der Waals surface area contributed by atoms with Crippen molar-refractivity contribution < 1.29 is 41.0 Å². The Hall–Kier alpha value is -0.990. The second-order valence-corrected chi connectivity index (χ2v) is 7.11. The molecule has 0 spiro atoms. The van der Waals surface area contributed by atoms with Gasteiger partial charge in [-0.1, -0.05) is 20.3 Å². The molecule has 0 aromatic carbocycles. The van der Waals surface area contributed by atoms with Gasteiger partial charge in [0.05, 0.1) is 5.92 Å². The van der Waals surface area contributed by atoms with Crippen molar-refractivity contribution in [1.82, 2.24) is 0 Å². The molecular weight excluding hydrogens is 342 g/mol. The van der Waals surface area contributed by atoms with E-state index >= 15 is 0 Å². The molecule has 0 heterocycles. The number of carbonyl (C=O) groups is 1. The molecule has 2 fully saturated rings. The Morgan fingerprint density at radius 2 is 1.58 bits per heavy atom. The Kier molecular flexibility index (Phi) is 4.89. The molecule has 140 valence electrons. The lowest BCUT2D eigenvalue weighted by Crippen LogP contribution is -2.67. The van der Waals surface area contributed by atoms with Gasteiger partial charge in [-0.3, -0.25) is 4.79 Å². The summed E-state index contributed by atoms with van der Waals surface area (Å²) in [6.07, 6.45) is -12.9. The predicted molar refractivity (Wildman–Crippen MR) is 70.7 cm³/mol. The maximum atomic E-state index is 13.2. The standard InChI is InChI=1S/C15H20F6O3/c1-7(2)12(22)24-11(10-6-8-3-4-9(10)5-8)13(23,14(16,17)18)15(19,20)21/h7-11,23H,3-6H2,1-2H3. The lowest BCUT2D eigenvalue weighted by molar-refractivity contribution is -0.397. The molecule has 3 nitrogen and oxygen atoms in total. The SMILES string of the molecule is CC(C)C(=O)OC(C1CC2CCC1C2)C(O)(C(F)(F)F)C(F)(F)F. The first-order valence-electron chi connectivity index (χ1n) is 7.85. The predicted octanol–water partition coefficient (Wildman–Crippen LogP) is 3.85. The number of fused-ring (bicyclic) bond motifs is 2. The van der Waals surface area contributed by atoms with Crippen molar-refractivity contribution in [3.8, 4) is 0 Å². The summed E-state index contributed by atoms with van der Waals surface area (Å²) in [5.74, 6) is -3.63. The van der Waals surface area contributed by atoms with E-state index in [9.17, 15) is 36.2 Å². The molecule has 24 heavy (non-hydrogen) atoms. The van der Waals surface area contributed by atoms with Gasteiger partial charge in [0.15, 0.2) is 6.10 Å². The van der Waals surface area contributed by atoms with E-state index in [4.69, 9.17) is 0 Å². The van der Waals surface area contributed by atoms with Crippen molar-refractivity contribution in [2.24, 2.45) is 23.7 Å². The smallest absolute Gasteiger partial charge is 0.430 e. The van der Waals surface area contributed by atoms with E-state index in [1.807, 2.05) is 0 Å². The van der Waals surface area contributed by atoms with Crippen LogP contribution < -0.4 is 0 Å². The molecule has 0 radical (unpaired) electrons. The van der Waals surface area contributed by atoms with E-state index in [1.54, 1.807) is 0 Å². The minimum atomic E-state index is -6.00. The molecule has 4 atom stereocenters. The van der Waals surface area contributed by atoms with Crippen LogP contribution in [0, 0.1) is 23.7 Å². The fourth-order valence-corrected chi connectivity index (χ4v) is 3.89. The van der Waals surface area contributed by atoms with E-state index < -0.39 is 47.8 Å². The molecule has 1 N–H and O–H groups in total. The van der Waals surface area contributed by atoms with Gasteiger partial charge in [-0.25, -0.2) is 0 Å². The quantitative estimate of drug-likeness (QED) is 0.611. The van der Waals surface area contributed by atoms with Crippen molar-refractivity contribution in [1.29, 1.82) is 0 Å². The molecule has 2 rings (SSSR count). The normalized spacial score (nSPS) is 29.2. The summed E-state index contributed by atoms with van der Waals surface area (Å²) in [7, 11) is 0. The molecule has 0 aromatic rings. The average molecular weight is 362 g/mol. The van der Waals surface area contributed by atoms with Crippen molar-refractivity contribution in [2.75, 3.05) is 0 Å². The third-order valence-electron chi connectivity index (χ3n) is 5.17. The van der Waals surface area contributed by atoms with Crippen molar-refractivity contribution in [3.05, 3.63) is 0 Å². The first-order valence-corrected chi connectivity index (χ1v) is 7.85. The van der Waals surface area contributed by atoms with Crippen LogP contribution in [0.25, 0.3) is 0 Å². The fourth-order valence-electron chi connectivity index (χ4n) is 3.89. The molecule has 0 saturated heterocycles. The van der Waals surface area contributed by atoms with Crippen LogP contribution in [-0.4, -0.2) is 35.1 Å². The van der Waals surface area contributed by atoms with Crippen LogP contribution in [-0.2, 0) is 9.53 Å². The minimum absolute atomic E-state index is 0.0194. The molecule has 0 aromatic heterocycles. The van der Waals surface area contributed by atoms with Crippen LogP contribution in [0.5, 0.6) is 0 Å². The van der Waals surface area contributed by atoms with Crippen molar-refractivity contribution in [3.63, 3.8) is 0 Å². The van der Waals surface area contributed by atoms with E-state index in [0.717, 1.165) is 6.42 Å². The van der Waals surface area contributed by atoms with Gasteiger partial charge >= 0.3 is 18.3 Å². The molecule has 0 aliphatic heterocycles. The number of hydrogen-bond acceptors (Lipinski definition) is 3. The lowest BCUT2D eigenvalue weighted by Gasteiger charge is -2.42. The summed E-state index contributed by atoms with van der Waals surface area (Å²) >= 11 is 0. The molecule has 4 unspecified atom stereocenters. The van der Waals surface area contributed by atoms with Crippen molar-refractivity contribution >= 4 is 5.97 Å². The number of halogens is 6. The molecule has 2 bridgehead atoms. The summed E-state index contributed by atoms with van der Waals surface area (Å²) in [6, 6.07) is 0.